The van der Waals surface area contributed by atoms with Crippen LogP contribution in [0.2, 0.25) is 5.02 Å². The second kappa shape index (κ2) is 20.8. The van der Waals surface area contributed by atoms with Gasteiger partial charge in [-0.05, 0) is 74.4 Å². The molecule has 31 heteroatoms. The number of alkyl halides is 8. The Bertz CT molecular complexity index is 3520. The molecular formula is C47H46ClF10N11O7S2. The lowest BCUT2D eigenvalue weighted by atomic mass is 9.93. The molecule has 8 rings (SSSR count). The van der Waals surface area contributed by atoms with Crippen molar-refractivity contribution in [3.8, 4) is 23.0 Å². The molecule has 2 aromatic carbocycles. The minimum atomic E-state index is -5.22. The summed E-state index contributed by atoms with van der Waals surface area (Å²) in [6.07, 6.45) is -10.4. The molecule has 1 aliphatic heterocycles. The van der Waals surface area contributed by atoms with Crippen molar-refractivity contribution in [3.63, 3.8) is 0 Å². The molecule has 4 heterocycles. The molecule has 3 atom stereocenters. The monoisotopic (exact) mass is 1170 g/mol. The maximum atomic E-state index is 15.6. The molecule has 78 heavy (non-hydrogen) atoms. The fourth-order valence-electron chi connectivity index (χ4n) is 9.30. The van der Waals surface area contributed by atoms with Crippen LogP contribution in [-0.2, 0) is 61.1 Å². The van der Waals surface area contributed by atoms with Crippen LogP contribution in [0, 0.1) is 29.4 Å². The number of rotatable bonds is 16. The summed E-state index contributed by atoms with van der Waals surface area (Å²) in [4.78, 5) is 46.4. The maximum absolute atomic E-state index is 15.6. The third kappa shape index (κ3) is 12.4. The summed E-state index contributed by atoms with van der Waals surface area (Å²) in [5, 5.41) is 11.3. The summed E-state index contributed by atoms with van der Waals surface area (Å²) in [5.41, 5.74) is -0.372. The predicted octanol–water partition coefficient (Wildman–Crippen LogP) is 5.85. The SMILES string of the molecule is CC(C)(C#Cc1ccc(-c2ccc(Cl)c3c(NS(=O)(=O)CC(=O)NCCN4CCN(C(N)=O)CC4)nn(CC(F)(F)F)c23)c([C@H](Cc2cc(F)cc(F)c2)NC(=O)Cn2nc(C(F)(F)F)c3c2C(F)(F)[C@@H]2C[C@H]32)n1)S(C)(=O)=O. The molecule has 0 bridgehead atoms. The average Bonchev–Trinajstić information content (AvgIpc) is 4.05. The molecule has 2 fully saturated rings. The predicted molar refractivity (Wildman–Crippen MR) is 261 cm³/mol. The van der Waals surface area contributed by atoms with E-state index >= 15 is 8.78 Å². The van der Waals surface area contributed by atoms with Crippen LogP contribution >= 0.6 is 11.6 Å². The number of carbonyl (C=O) groups is 3. The van der Waals surface area contributed by atoms with Crippen molar-refractivity contribution in [1.82, 2.24) is 45.0 Å². The lowest BCUT2D eigenvalue weighted by Crippen LogP contribution is -2.51. The fraction of sp³-hybridized carbons (Fsp3) is 0.447. The van der Waals surface area contributed by atoms with E-state index in [1.54, 1.807) is 0 Å². The van der Waals surface area contributed by atoms with Crippen LogP contribution in [0.4, 0.5) is 54.5 Å². The Hall–Kier alpha value is -6.71. The Balaban J connectivity index is 1.22. The molecule has 420 valence electrons. The van der Waals surface area contributed by atoms with Gasteiger partial charge in [0.1, 0.15) is 46.6 Å². The quantitative estimate of drug-likeness (QED) is 0.0676. The smallest absolute Gasteiger partial charge is 0.354 e. The van der Waals surface area contributed by atoms with E-state index in [4.69, 9.17) is 17.3 Å². The lowest BCUT2D eigenvalue weighted by Gasteiger charge is -2.33. The third-order valence-corrected chi connectivity index (χ3v) is 16.8. The molecule has 4 amide bonds. The molecule has 0 radical (unpaired) electrons. The first kappa shape index (κ1) is 57.5. The van der Waals surface area contributed by atoms with Gasteiger partial charge in [-0.3, -0.25) is 28.6 Å². The number of nitrogens with one attached hydrogen (secondary N) is 3. The Morgan fingerprint density at radius 3 is 2.18 bits per heavy atom. The highest BCUT2D eigenvalue weighted by Crippen LogP contribution is 2.68. The standard InChI is InChI=1S/C47H46ClF10N11O7S2/c1-44(2,77(3,73)74)9-8-27-4-5-28(38(61-27)33(18-24-16-25(49)19-26(50)17-24)62-34(70)21-68-41-36(40(63-68)47(56,57)58)30-20-31(30)46(41,54)55)29-6-7-32(48)37-39(29)69(23-45(51,52)53)64-42(37)65-78(75,76)22-35(71)60-10-11-66-12-14-67(15-13-66)43(59)72/h4-7,16-17,19,30-31,33H,10-15,18,20-23H2,1-3H3,(H2,59,72)(H,60,71)(H,62,70)(H,64,65)/t30-,31+,33-/m0/s1. The van der Waals surface area contributed by atoms with Gasteiger partial charge in [0, 0.05) is 74.2 Å². The van der Waals surface area contributed by atoms with E-state index in [9.17, 15) is 66.3 Å². The molecule has 1 saturated carbocycles. The number of hydrogen-bond acceptors (Lipinski definition) is 11. The number of fused-ring (bicyclic) bond motifs is 4. The van der Waals surface area contributed by atoms with Crippen molar-refractivity contribution in [2.45, 2.75) is 74.8 Å². The highest BCUT2D eigenvalue weighted by molar-refractivity contribution is 7.93. The van der Waals surface area contributed by atoms with Crippen molar-refractivity contribution in [1.29, 1.82) is 0 Å². The second-order valence-corrected chi connectivity index (χ2v) is 24.1. The number of nitrogens with two attached hydrogens (primary N) is 1. The van der Waals surface area contributed by atoms with Gasteiger partial charge in [0.15, 0.2) is 21.3 Å². The van der Waals surface area contributed by atoms with E-state index in [0.29, 0.717) is 36.9 Å². The first-order valence-corrected chi connectivity index (χ1v) is 27.4. The molecule has 0 unspecified atom stereocenters. The molecule has 5 aromatic rings. The van der Waals surface area contributed by atoms with Gasteiger partial charge in [-0.1, -0.05) is 23.6 Å². The number of primary amides is 1. The van der Waals surface area contributed by atoms with Crippen molar-refractivity contribution >= 4 is 66.0 Å². The zero-order chi connectivity index (χ0) is 57.2. The van der Waals surface area contributed by atoms with E-state index in [1.165, 1.54) is 24.8 Å². The van der Waals surface area contributed by atoms with Gasteiger partial charge < -0.3 is 21.3 Å². The minimum absolute atomic E-state index is 0.0456. The van der Waals surface area contributed by atoms with Crippen LogP contribution in [-0.4, -0.2) is 131 Å². The van der Waals surface area contributed by atoms with Crippen LogP contribution in [0.1, 0.15) is 66.1 Å². The Kier molecular flexibility index (Phi) is 15.3. The number of aromatic nitrogens is 5. The van der Waals surface area contributed by atoms with E-state index < -0.39 is 160 Å². The Morgan fingerprint density at radius 2 is 1.56 bits per heavy atom. The van der Waals surface area contributed by atoms with Gasteiger partial charge in [-0.15, -0.1) is 0 Å². The van der Waals surface area contributed by atoms with Crippen LogP contribution in [0.5, 0.6) is 0 Å². The number of sulfonamides is 1. The Labute approximate surface area is 443 Å². The molecule has 3 aliphatic rings. The fourth-order valence-corrected chi connectivity index (χ4v) is 10.7. The van der Waals surface area contributed by atoms with Crippen molar-refractivity contribution in [2.24, 2.45) is 11.7 Å². The number of amides is 4. The summed E-state index contributed by atoms with van der Waals surface area (Å²) in [6.45, 7) is 0.910. The number of anilines is 1. The van der Waals surface area contributed by atoms with Gasteiger partial charge in [-0.2, -0.15) is 45.3 Å². The number of carbonyl (C=O) groups excluding carboxylic acids is 3. The highest BCUT2D eigenvalue weighted by Gasteiger charge is 2.68. The number of benzene rings is 2. The lowest BCUT2D eigenvalue weighted by molar-refractivity contribution is -0.142. The summed E-state index contributed by atoms with van der Waals surface area (Å²) < 4.78 is 200. The third-order valence-electron chi connectivity index (χ3n) is 13.3. The molecular weight excluding hydrogens is 1120 g/mol. The molecule has 18 nitrogen and oxygen atoms in total. The summed E-state index contributed by atoms with van der Waals surface area (Å²) in [7, 11) is -8.73. The van der Waals surface area contributed by atoms with E-state index in [2.05, 4.69) is 37.7 Å². The van der Waals surface area contributed by atoms with E-state index in [0.717, 1.165) is 36.6 Å². The molecule has 5 N–H and O–H groups in total. The molecule has 2 aliphatic carbocycles. The van der Waals surface area contributed by atoms with Gasteiger partial charge in [0.05, 0.1) is 27.7 Å². The molecule has 1 saturated heterocycles. The van der Waals surface area contributed by atoms with Crippen LogP contribution in [0.3, 0.4) is 0 Å². The highest BCUT2D eigenvalue weighted by atomic mass is 35.5. The number of halogens is 11. The summed E-state index contributed by atoms with van der Waals surface area (Å²) >= 11 is 6.62. The number of sulfone groups is 1. The molecule has 0 spiro atoms. The zero-order valence-electron chi connectivity index (χ0n) is 41.1. The average molecular weight is 1170 g/mol. The number of piperazine rings is 1. The van der Waals surface area contributed by atoms with Gasteiger partial charge in [-0.25, -0.2) is 35.4 Å². The first-order valence-electron chi connectivity index (χ1n) is 23.5. The van der Waals surface area contributed by atoms with Gasteiger partial charge in [0.25, 0.3) is 5.92 Å². The van der Waals surface area contributed by atoms with E-state index in [-0.39, 0.29) is 46.6 Å². The normalized spacial score (nSPS) is 17.9. The summed E-state index contributed by atoms with van der Waals surface area (Å²) in [5.74, 6) is -8.12. The minimum Gasteiger partial charge on any atom is -0.354 e. The van der Waals surface area contributed by atoms with Gasteiger partial charge >= 0.3 is 18.4 Å². The van der Waals surface area contributed by atoms with Gasteiger partial charge in [0.2, 0.25) is 21.8 Å². The Morgan fingerprint density at radius 1 is 0.910 bits per heavy atom. The largest absolute Gasteiger partial charge is 0.435 e. The van der Waals surface area contributed by atoms with E-state index in [1.807, 2.05) is 9.62 Å². The summed E-state index contributed by atoms with van der Waals surface area (Å²) in [6, 6.07) is 4.32. The van der Waals surface area contributed by atoms with Crippen molar-refractivity contribution in [2.75, 3.05) is 56.0 Å². The molecule has 3 aromatic heterocycles. The topological polar surface area (TPSA) is 237 Å². The zero-order valence-corrected chi connectivity index (χ0v) is 43.5. The number of urea groups is 1. The number of nitrogens with zero attached hydrogens (tertiary/aromatic N) is 7. The second-order valence-electron chi connectivity index (χ2n) is 19.4. The van der Waals surface area contributed by atoms with Crippen LogP contribution in [0.15, 0.2) is 42.5 Å². The number of hydrogen-bond donors (Lipinski definition) is 4. The van der Waals surface area contributed by atoms with Crippen molar-refractivity contribution in [3.05, 3.63) is 93.0 Å². The number of pyridine rings is 1. The van der Waals surface area contributed by atoms with Crippen LogP contribution in [0.25, 0.3) is 22.0 Å². The maximum Gasteiger partial charge on any atom is 0.435 e. The first-order chi connectivity index (χ1) is 36.1. The van der Waals surface area contributed by atoms with Crippen LogP contribution < -0.4 is 21.1 Å². The van der Waals surface area contributed by atoms with Crippen molar-refractivity contribution < 1.29 is 75.1 Å².